The lowest BCUT2D eigenvalue weighted by atomic mass is 9.89. The molecule has 1 aromatic rings. The summed E-state index contributed by atoms with van der Waals surface area (Å²) >= 11 is 0. The molecule has 1 rings (SSSR count). The second-order valence-electron chi connectivity index (χ2n) is 4.55. The van der Waals surface area contributed by atoms with Crippen LogP contribution in [-0.4, -0.2) is 0 Å². The molecule has 0 aliphatic carbocycles. The zero-order valence-electron chi connectivity index (χ0n) is 10.8. The van der Waals surface area contributed by atoms with Crippen molar-refractivity contribution in [2.75, 3.05) is 0 Å². The van der Waals surface area contributed by atoms with E-state index in [0.717, 1.165) is 5.92 Å². The standard InChI is InChI=1S/C16H25/c1-3-5-6-8-12-15(11-4-2)16-13-9-7-10-14-16/h6-7,9-10,13-15H,3-5,8,11-12H2,1-2H3. The average molecular weight is 217 g/mol. The van der Waals surface area contributed by atoms with E-state index < -0.39 is 0 Å². The Balaban J connectivity index is 2.41. The maximum atomic E-state index is 2.45. The van der Waals surface area contributed by atoms with Crippen molar-refractivity contribution in [3.05, 3.63) is 42.3 Å². The van der Waals surface area contributed by atoms with Crippen LogP contribution in [0.4, 0.5) is 0 Å². The molecule has 0 fully saturated rings. The minimum atomic E-state index is 0.763. The predicted octanol–water partition coefficient (Wildman–Crippen LogP) is 5.35. The van der Waals surface area contributed by atoms with Gasteiger partial charge in [-0.05, 0) is 37.2 Å². The van der Waals surface area contributed by atoms with Crippen LogP contribution in [0.1, 0.15) is 63.9 Å². The molecule has 1 aromatic carbocycles. The lowest BCUT2D eigenvalue weighted by molar-refractivity contribution is 0.559. The number of hydrogen-bond donors (Lipinski definition) is 0. The van der Waals surface area contributed by atoms with E-state index in [1.54, 1.807) is 0 Å². The predicted molar refractivity (Wildman–Crippen MR) is 72.5 cm³/mol. The summed E-state index contributed by atoms with van der Waals surface area (Å²) in [6, 6.07) is 11.0. The molecule has 0 aliphatic rings. The van der Waals surface area contributed by atoms with E-state index in [0.29, 0.717) is 0 Å². The fourth-order valence-electron chi connectivity index (χ4n) is 2.22. The molecule has 0 aromatic heterocycles. The van der Waals surface area contributed by atoms with Gasteiger partial charge in [0.15, 0.2) is 0 Å². The van der Waals surface area contributed by atoms with Gasteiger partial charge in [-0.15, -0.1) is 0 Å². The minimum Gasteiger partial charge on any atom is -0.0654 e. The van der Waals surface area contributed by atoms with Crippen molar-refractivity contribution in [2.24, 2.45) is 0 Å². The maximum absolute atomic E-state index is 2.45. The molecule has 16 heavy (non-hydrogen) atoms. The number of rotatable bonds is 8. The second-order valence-corrected chi connectivity index (χ2v) is 4.55. The molecule has 1 unspecified atom stereocenters. The third-order valence-corrected chi connectivity index (χ3v) is 3.12. The van der Waals surface area contributed by atoms with Gasteiger partial charge in [0.05, 0.1) is 0 Å². The van der Waals surface area contributed by atoms with Crippen molar-refractivity contribution in [3.63, 3.8) is 0 Å². The van der Waals surface area contributed by atoms with Crippen LogP contribution in [-0.2, 0) is 0 Å². The molecule has 0 amide bonds. The van der Waals surface area contributed by atoms with Gasteiger partial charge >= 0.3 is 0 Å². The Hall–Kier alpha value is -0.780. The smallest absolute Gasteiger partial charge is 0.0162 e. The van der Waals surface area contributed by atoms with E-state index in [9.17, 15) is 0 Å². The van der Waals surface area contributed by atoms with Crippen LogP contribution in [0.15, 0.2) is 30.3 Å². The molecule has 0 N–H and O–H groups in total. The van der Waals surface area contributed by atoms with Gasteiger partial charge in [-0.2, -0.15) is 0 Å². The molecule has 0 saturated carbocycles. The van der Waals surface area contributed by atoms with Crippen LogP contribution in [0.25, 0.3) is 0 Å². The zero-order chi connectivity index (χ0) is 11.6. The van der Waals surface area contributed by atoms with E-state index >= 15 is 0 Å². The van der Waals surface area contributed by atoms with Gasteiger partial charge in [-0.1, -0.05) is 63.4 Å². The molecular weight excluding hydrogens is 192 g/mol. The third kappa shape index (κ3) is 4.83. The molecule has 0 heterocycles. The Morgan fingerprint density at radius 2 is 1.69 bits per heavy atom. The summed E-state index contributed by atoms with van der Waals surface area (Å²) in [5.74, 6) is 0.763. The Labute approximate surface area is 101 Å². The highest BCUT2D eigenvalue weighted by molar-refractivity contribution is 5.19. The Kier molecular flexibility index (Phi) is 6.96. The molecule has 0 bridgehead atoms. The lowest BCUT2D eigenvalue weighted by Crippen LogP contribution is -1.98. The van der Waals surface area contributed by atoms with Crippen LogP contribution >= 0.6 is 0 Å². The van der Waals surface area contributed by atoms with Crippen molar-refractivity contribution in [1.29, 1.82) is 0 Å². The monoisotopic (exact) mass is 217 g/mol. The summed E-state index contributed by atoms with van der Waals surface area (Å²) in [6.45, 7) is 4.53. The maximum Gasteiger partial charge on any atom is -0.0162 e. The molecule has 1 radical (unpaired) electrons. The second kappa shape index (κ2) is 8.38. The summed E-state index contributed by atoms with van der Waals surface area (Å²) in [5, 5.41) is 0. The van der Waals surface area contributed by atoms with E-state index in [-0.39, 0.29) is 0 Å². The topological polar surface area (TPSA) is 0 Å². The van der Waals surface area contributed by atoms with Gasteiger partial charge < -0.3 is 0 Å². The summed E-state index contributed by atoms with van der Waals surface area (Å²) in [6.07, 6.45) is 10.2. The quantitative estimate of drug-likeness (QED) is 0.514. The highest BCUT2D eigenvalue weighted by Crippen LogP contribution is 2.26. The highest BCUT2D eigenvalue weighted by Gasteiger charge is 2.09. The fraction of sp³-hybridized carbons (Fsp3) is 0.562. The lowest BCUT2D eigenvalue weighted by Gasteiger charge is -2.16. The first-order chi connectivity index (χ1) is 7.88. The Morgan fingerprint density at radius 1 is 0.938 bits per heavy atom. The first kappa shape index (κ1) is 13.3. The molecule has 0 spiro atoms. The average Bonchev–Trinajstić information content (AvgIpc) is 2.34. The molecule has 0 nitrogen and oxygen atoms in total. The largest absolute Gasteiger partial charge is 0.0654 e. The molecule has 89 valence electrons. The van der Waals surface area contributed by atoms with Gasteiger partial charge in [0.1, 0.15) is 0 Å². The van der Waals surface area contributed by atoms with E-state index in [4.69, 9.17) is 0 Å². The van der Waals surface area contributed by atoms with Crippen LogP contribution in [0.2, 0.25) is 0 Å². The third-order valence-electron chi connectivity index (χ3n) is 3.12. The van der Waals surface area contributed by atoms with Crippen molar-refractivity contribution >= 4 is 0 Å². The number of unbranched alkanes of at least 4 members (excludes halogenated alkanes) is 3. The van der Waals surface area contributed by atoms with Crippen molar-refractivity contribution in [2.45, 2.75) is 58.3 Å². The van der Waals surface area contributed by atoms with Crippen molar-refractivity contribution < 1.29 is 0 Å². The van der Waals surface area contributed by atoms with Gasteiger partial charge in [-0.3, -0.25) is 0 Å². The Morgan fingerprint density at radius 3 is 2.31 bits per heavy atom. The Bertz CT molecular complexity index is 250. The SMILES string of the molecule is CCC[CH]CCC(CCC)c1ccccc1. The van der Waals surface area contributed by atoms with Crippen molar-refractivity contribution in [1.82, 2.24) is 0 Å². The van der Waals surface area contributed by atoms with Crippen LogP contribution in [0, 0.1) is 6.42 Å². The fourth-order valence-corrected chi connectivity index (χ4v) is 2.22. The minimum absolute atomic E-state index is 0.763. The molecule has 1 atom stereocenters. The zero-order valence-corrected chi connectivity index (χ0v) is 10.8. The highest BCUT2D eigenvalue weighted by atomic mass is 14.1. The molecule has 0 heteroatoms. The van der Waals surface area contributed by atoms with Crippen LogP contribution in [0.5, 0.6) is 0 Å². The van der Waals surface area contributed by atoms with Gasteiger partial charge in [0.25, 0.3) is 0 Å². The van der Waals surface area contributed by atoms with Gasteiger partial charge in [0, 0.05) is 0 Å². The van der Waals surface area contributed by atoms with E-state index in [1.807, 2.05) is 0 Å². The van der Waals surface area contributed by atoms with Crippen LogP contribution < -0.4 is 0 Å². The number of hydrogen-bond acceptors (Lipinski definition) is 0. The first-order valence-electron chi connectivity index (χ1n) is 6.75. The molecular formula is C16H25. The number of benzene rings is 1. The van der Waals surface area contributed by atoms with Crippen LogP contribution in [0.3, 0.4) is 0 Å². The van der Waals surface area contributed by atoms with E-state index in [1.165, 1.54) is 44.1 Å². The molecule has 0 aliphatic heterocycles. The summed E-state index contributed by atoms with van der Waals surface area (Å²) in [4.78, 5) is 0. The van der Waals surface area contributed by atoms with Crippen molar-refractivity contribution in [3.8, 4) is 0 Å². The van der Waals surface area contributed by atoms with Gasteiger partial charge in [0.2, 0.25) is 0 Å². The normalized spacial score (nSPS) is 12.6. The van der Waals surface area contributed by atoms with E-state index in [2.05, 4.69) is 50.6 Å². The summed E-state index contributed by atoms with van der Waals surface area (Å²) < 4.78 is 0. The summed E-state index contributed by atoms with van der Waals surface area (Å²) in [5.41, 5.74) is 1.52. The molecule has 0 saturated heterocycles. The summed E-state index contributed by atoms with van der Waals surface area (Å²) in [7, 11) is 0. The van der Waals surface area contributed by atoms with Gasteiger partial charge in [-0.25, -0.2) is 0 Å². The first-order valence-corrected chi connectivity index (χ1v) is 6.75.